The summed E-state index contributed by atoms with van der Waals surface area (Å²) in [6, 6.07) is 8.28. The van der Waals surface area contributed by atoms with E-state index in [0.29, 0.717) is 18.2 Å². The molecule has 6 nitrogen and oxygen atoms in total. The zero-order chi connectivity index (χ0) is 18.4. The van der Waals surface area contributed by atoms with Gasteiger partial charge >= 0.3 is 0 Å². The van der Waals surface area contributed by atoms with Gasteiger partial charge < -0.3 is 14.8 Å². The van der Waals surface area contributed by atoms with E-state index in [9.17, 15) is 4.79 Å². The molecular formula is C20H25N3O3. The van der Waals surface area contributed by atoms with Crippen molar-refractivity contribution in [3.8, 4) is 11.8 Å². The highest BCUT2D eigenvalue weighted by Crippen LogP contribution is 2.23. The third kappa shape index (κ3) is 5.18. The second-order valence-electron chi connectivity index (χ2n) is 6.72. The van der Waals surface area contributed by atoms with Crippen LogP contribution in [0.2, 0.25) is 0 Å². The van der Waals surface area contributed by atoms with Crippen molar-refractivity contribution in [2.75, 3.05) is 7.11 Å². The number of carbonyl (C=O) groups is 1. The zero-order valence-corrected chi connectivity index (χ0v) is 15.3. The summed E-state index contributed by atoms with van der Waals surface area (Å²) in [6.45, 7) is 2.04. The molecule has 138 valence electrons. The van der Waals surface area contributed by atoms with Gasteiger partial charge in [0.25, 0.3) is 0 Å². The highest BCUT2D eigenvalue weighted by molar-refractivity contribution is 5.78. The normalized spacial score (nSPS) is 19.6. The maximum atomic E-state index is 12.3. The first-order valence-electron chi connectivity index (χ1n) is 9.00. The van der Waals surface area contributed by atoms with Crippen LogP contribution >= 0.6 is 0 Å². The van der Waals surface area contributed by atoms with Crippen LogP contribution < -0.4 is 14.8 Å². The Bertz CT molecular complexity index is 743. The summed E-state index contributed by atoms with van der Waals surface area (Å²) >= 11 is 0. The fourth-order valence-electron chi connectivity index (χ4n) is 3.27. The Balaban J connectivity index is 1.44. The minimum atomic E-state index is 0.0821. The van der Waals surface area contributed by atoms with Gasteiger partial charge in [0.2, 0.25) is 17.7 Å². The van der Waals surface area contributed by atoms with E-state index in [-0.39, 0.29) is 18.1 Å². The van der Waals surface area contributed by atoms with Gasteiger partial charge in [0.05, 0.1) is 25.9 Å². The van der Waals surface area contributed by atoms with Crippen LogP contribution in [0.3, 0.4) is 0 Å². The number of nitrogens with zero attached hydrogens (tertiary/aromatic N) is 2. The fourth-order valence-corrected chi connectivity index (χ4v) is 3.27. The molecule has 1 aromatic carbocycles. The minimum Gasteiger partial charge on any atom is -0.480 e. The van der Waals surface area contributed by atoms with Crippen LogP contribution in [-0.4, -0.2) is 35.1 Å². The molecule has 3 rings (SSSR count). The van der Waals surface area contributed by atoms with E-state index in [2.05, 4.69) is 21.4 Å². The lowest BCUT2D eigenvalue weighted by Gasteiger charge is -2.29. The maximum Gasteiger partial charge on any atom is 0.235 e. The van der Waals surface area contributed by atoms with Crippen molar-refractivity contribution in [3.05, 3.63) is 47.8 Å². The van der Waals surface area contributed by atoms with Crippen LogP contribution in [0.15, 0.2) is 36.7 Å². The third-order valence-electron chi connectivity index (χ3n) is 4.57. The van der Waals surface area contributed by atoms with E-state index in [4.69, 9.17) is 9.47 Å². The number of benzene rings is 1. The number of carbonyl (C=O) groups excluding carboxylic acids is 1. The zero-order valence-electron chi connectivity index (χ0n) is 15.3. The highest BCUT2D eigenvalue weighted by atomic mass is 16.5. The monoisotopic (exact) mass is 355 g/mol. The molecule has 1 aliphatic rings. The van der Waals surface area contributed by atoms with Gasteiger partial charge in [-0.3, -0.25) is 9.78 Å². The molecule has 6 heteroatoms. The van der Waals surface area contributed by atoms with E-state index < -0.39 is 0 Å². The van der Waals surface area contributed by atoms with Crippen molar-refractivity contribution in [2.24, 2.45) is 0 Å². The summed E-state index contributed by atoms with van der Waals surface area (Å²) in [5, 5.41) is 3.15. The summed E-state index contributed by atoms with van der Waals surface area (Å²) in [5.74, 6) is 1.01. The smallest absolute Gasteiger partial charge is 0.235 e. The Morgan fingerprint density at radius 1 is 1.19 bits per heavy atom. The Hall–Kier alpha value is -2.63. The molecule has 0 radical (unpaired) electrons. The lowest BCUT2D eigenvalue weighted by Crippen LogP contribution is -2.40. The second kappa shape index (κ2) is 8.65. The van der Waals surface area contributed by atoms with E-state index in [0.717, 1.165) is 31.2 Å². The van der Waals surface area contributed by atoms with Gasteiger partial charge in [0.1, 0.15) is 6.10 Å². The molecule has 1 heterocycles. The minimum absolute atomic E-state index is 0.0821. The van der Waals surface area contributed by atoms with Gasteiger partial charge in [0, 0.05) is 6.04 Å². The summed E-state index contributed by atoms with van der Waals surface area (Å²) in [6.07, 6.45) is 7.25. The molecule has 1 N–H and O–H groups in total. The molecule has 26 heavy (non-hydrogen) atoms. The lowest BCUT2D eigenvalue weighted by molar-refractivity contribution is -0.121. The Morgan fingerprint density at radius 3 is 2.69 bits per heavy atom. The van der Waals surface area contributed by atoms with Crippen LogP contribution in [0.5, 0.6) is 11.8 Å². The second-order valence-corrected chi connectivity index (χ2v) is 6.72. The Morgan fingerprint density at radius 2 is 1.96 bits per heavy atom. The van der Waals surface area contributed by atoms with E-state index in [1.807, 2.05) is 25.1 Å². The Labute approximate surface area is 154 Å². The molecule has 1 aromatic heterocycles. The largest absolute Gasteiger partial charge is 0.480 e. The summed E-state index contributed by atoms with van der Waals surface area (Å²) < 4.78 is 11.0. The molecule has 1 aliphatic carbocycles. The SMILES string of the molecule is COc1cncc(OC2CCC(NC(=O)Cc3cccc(C)c3)CC2)n1. The van der Waals surface area contributed by atoms with Crippen molar-refractivity contribution in [3.63, 3.8) is 0 Å². The molecule has 1 amide bonds. The number of amides is 1. The predicted molar refractivity (Wildman–Crippen MR) is 98.3 cm³/mol. The molecule has 0 unspecified atom stereocenters. The number of methoxy groups -OCH3 is 1. The average Bonchev–Trinajstić information content (AvgIpc) is 2.63. The number of rotatable bonds is 6. The van der Waals surface area contributed by atoms with Crippen LogP contribution in [0.4, 0.5) is 0 Å². The molecular weight excluding hydrogens is 330 g/mol. The topological polar surface area (TPSA) is 73.3 Å². The van der Waals surface area contributed by atoms with Gasteiger partial charge in [-0.2, -0.15) is 4.98 Å². The summed E-state index contributed by atoms with van der Waals surface area (Å²) in [7, 11) is 1.55. The van der Waals surface area contributed by atoms with Crippen molar-refractivity contribution >= 4 is 5.91 Å². The van der Waals surface area contributed by atoms with E-state index >= 15 is 0 Å². The number of hydrogen-bond donors (Lipinski definition) is 1. The van der Waals surface area contributed by atoms with Crippen LogP contribution in [0.1, 0.15) is 36.8 Å². The number of aromatic nitrogens is 2. The molecule has 0 aliphatic heterocycles. The van der Waals surface area contributed by atoms with Crippen LogP contribution in [0.25, 0.3) is 0 Å². The van der Waals surface area contributed by atoms with Crippen molar-refractivity contribution < 1.29 is 14.3 Å². The fraction of sp³-hybridized carbons (Fsp3) is 0.450. The first-order valence-corrected chi connectivity index (χ1v) is 9.00. The number of hydrogen-bond acceptors (Lipinski definition) is 5. The number of ether oxygens (including phenoxy) is 2. The standard InChI is InChI=1S/C20H25N3O3/c1-14-4-3-5-15(10-14)11-18(24)22-16-6-8-17(9-7-16)26-20-13-21-12-19(23-20)25-2/h3-5,10,12-13,16-17H,6-9,11H2,1-2H3,(H,22,24). The molecule has 1 fully saturated rings. The molecule has 0 saturated heterocycles. The molecule has 0 spiro atoms. The van der Waals surface area contributed by atoms with Crippen molar-refractivity contribution in [1.29, 1.82) is 0 Å². The molecule has 2 aromatic rings. The predicted octanol–water partition coefficient (Wildman–Crippen LogP) is 2.84. The molecule has 0 bridgehead atoms. The van der Waals surface area contributed by atoms with Crippen LogP contribution in [0, 0.1) is 6.92 Å². The third-order valence-corrected chi connectivity index (χ3v) is 4.57. The average molecular weight is 355 g/mol. The van der Waals surface area contributed by atoms with Gasteiger partial charge in [-0.25, -0.2) is 0 Å². The van der Waals surface area contributed by atoms with E-state index in [1.165, 1.54) is 5.56 Å². The quantitative estimate of drug-likeness (QED) is 0.862. The van der Waals surface area contributed by atoms with Crippen molar-refractivity contribution in [2.45, 2.75) is 51.2 Å². The van der Waals surface area contributed by atoms with Crippen molar-refractivity contribution in [1.82, 2.24) is 15.3 Å². The first-order chi connectivity index (χ1) is 12.6. The van der Waals surface area contributed by atoms with Gasteiger partial charge in [-0.1, -0.05) is 29.8 Å². The molecule has 0 atom stereocenters. The van der Waals surface area contributed by atoms with Gasteiger partial charge in [0.15, 0.2) is 0 Å². The molecule has 1 saturated carbocycles. The Kier molecular flexibility index (Phi) is 6.04. The highest BCUT2D eigenvalue weighted by Gasteiger charge is 2.24. The number of nitrogens with one attached hydrogen (secondary N) is 1. The van der Waals surface area contributed by atoms with E-state index in [1.54, 1.807) is 19.5 Å². The number of aryl methyl sites for hydroxylation is 1. The van der Waals surface area contributed by atoms with Gasteiger partial charge in [-0.05, 0) is 38.2 Å². The maximum absolute atomic E-state index is 12.3. The van der Waals surface area contributed by atoms with Crippen LogP contribution in [-0.2, 0) is 11.2 Å². The summed E-state index contributed by atoms with van der Waals surface area (Å²) in [4.78, 5) is 20.5. The summed E-state index contributed by atoms with van der Waals surface area (Å²) in [5.41, 5.74) is 2.23. The first kappa shape index (κ1) is 18.2. The lowest BCUT2D eigenvalue weighted by atomic mass is 9.92. The van der Waals surface area contributed by atoms with Gasteiger partial charge in [-0.15, -0.1) is 0 Å².